The molecule has 0 unspecified atom stereocenters. The van der Waals surface area contributed by atoms with E-state index in [9.17, 15) is 0 Å². The number of aryl methyl sites for hydroxylation is 1. The number of aromatic nitrogens is 3. The Bertz CT molecular complexity index is 889. The summed E-state index contributed by atoms with van der Waals surface area (Å²) in [5.41, 5.74) is 2.51. The highest BCUT2D eigenvalue weighted by Crippen LogP contribution is 2.21. The van der Waals surface area contributed by atoms with Gasteiger partial charge in [0.15, 0.2) is 5.16 Å². The quantitative estimate of drug-likeness (QED) is 0.388. The molecule has 1 aliphatic rings. The summed E-state index contributed by atoms with van der Waals surface area (Å²) in [6.45, 7) is 6.72. The Morgan fingerprint density at radius 3 is 2.45 bits per heavy atom. The summed E-state index contributed by atoms with van der Waals surface area (Å²) < 4.78 is 8.14. The lowest BCUT2D eigenvalue weighted by Gasteiger charge is -2.16. The lowest BCUT2D eigenvalue weighted by atomic mass is 10.2. The summed E-state index contributed by atoms with van der Waals surface area (Å²) in [7, 11) is 0. The number of hydrogen-bond acceptors (Lipinski definition) is 5. The maximum atomic E-state index is 5.87. The van der Waals surface area contributed by atoms with Crippen LogP contribution in [0.15, 0.2) is 59.8 Å². The number of thioether (sulfide) groups is 1. The van der Waals surface area contributed by atoms with Gasteiger partial charge in [-0.15, -0.1) is 10.2 Å². The molecule has 0 bridgehead atoms. The minimum absolute atomic E-state index is 0.646. The highest BCUT2D eigenvalue weighted by molar-refractivity contribution is 7.99. The fourth-order valence-electron chi connectivity index (χ4n) is 3.54. The van der Waals surface area contributed by atoms with Gasteiger partial charge in [0, 0.05) is 5.75 Å². The molecular formula is C23H28N4OS. The van der Waals surface area contributed by atoms with E-state index in [-0.39, 0.29) is 0 Å². The summed E-state index contributed by atoms with van der Waals surface area (Å²) in [6.07, 6.45) is 2.57. The third kappa shape index (κ3) is 5.61. The van der Waals surface area contributed by atoms with Gasteiger partial charge in [-0.2, -0.15) is 0 Å². The molecule has 0 radical (unpaired) electrons. The van der Waals surface area contributed by atoms with E-state index in [4.69, 9.17) is 4.74 Å². The molecule has 6 heteroatoms. The van der Waals surface area contributed by atoms with Crippen LogP contribution < -0.4 is 4.74 Å². The van der Waals surface area contributed by atoms with E-state index in [1.807, 2.05) is 12.1 Å². The first-order valence-electron chi connectivity index (χ1n) is 10.3. The fourth-order valence-corrected chi connectivity index (χ4v) is 4.31. The molecule has 2 aromatic carbocycles. The first kappa shape index (κ1) is 20.0. The van der Waals surface area contributed by atoms with Crippen molar-refractivity contribution in [3.05, 3.63) is 71.5 Å². The molecule has 0 aliphatic carbocycles. The predicted molar refractivity (Wildman–Crippen MR) is 117 cm³/mol. The normalized spacial score (nSPS) is 14.4. The van der Waals surface area contributed by atoms with Gasteiger partial charge >= 0.3 is 0 Å². The van der Waals surface area contributed by atoms with Crippen LogP contribution in [0.4, 0.5) is 0 Å². The maximum absolute atomic E-state index is 5.87. The second-order valence-electron chi connectivity index (χ2n) is 7.46. The zero-order valence-electron chi connectivity index (χ0n) is 17.0. The first-order valence-corrected chi connectivity index (χ1v) is 11.3. The van der Waals surface area contributed by atoms with Crippen molar-refractivity contribution in [3.63, 3.8) is 0 Å². The number of hydrogen-bond donors (Lipinski definition) is 0. The Balaban J connectivity index is 1.40. The van der Waals surface area contributed by atoms with Crippen molar-refractivity contribution in [2.45, 2.75) is 38.0 Å². The van der Waals surface area contributed by atoms with Crippen molar-refractivity contribution < 1.29 is 4.74 Å². The molecule has 3 aromatic rings. The number of nitrogens with zero attached hydrogens (tertiary/aromatic N) is 4. The van der Waals surface area contributed by atoms with E-state index in [1.54, 1.807) is 11.8 Å². The Hall–Kier alpha value is -2.31. The molecule has 0 saturated carbocycles. The van der Waals surface area contributed by atoms with Crippen molar-refractivity contribution in [2.75, 3.05) is 25.4 Å². The summed E-state index contributed by atoms with van der Waals surface area (Å²) in [5.74, 6) is 2.80. The number of benzene rings is 2. The van der Waals surface area contributed by atoms with E-state index < -0.39 is 0 Å². The lowest BCUT2D eigenvalue weighted by molar-refractivity contribution is 0.316. The Morgan fingerprint density at radius 2 is 1.69 bits per heavy atom. The zero-order chi connectivity index (χ0) is 19.9. The third-order valence-corrected chi connectivity index (χ3v) is 6.08. The van der Waals surface area contributed by atoms with Gasteiger partial charge in [0.2, 0.25) is 0 Å². The van der Waals surface area contributed by atoms with Gasteiger partial charge in [0.1, 0.15) is 11.6 Å². The Labute approximate surface area is 177 Å². The van der Waals surface area contributed by atoms with Gasteiger partial charge in [0.05, 0.1) is 19.7 Å². The largest absolute Gasteiger partial charge is 0.493 e. The molecule has 1 aliphatic heterocycles. The Kier molecular flexibility index (Phi) is 6.85. The van der Waals surface area contributed by atoms with Crippen LogP contribution in [0.25, 0.3) is 0 Å². The molecular weight excluding hydrogens is 380 g/mol. The molecule has 29 heavy (non-hydrogen) atoms. The molecule has 1 fully saturated rings. The van der Waals surface area contributed by atoms with Crippen molar-refractivity contribution >= 4 is 11.8 Å². The highest BCUT2D eigenvalue weighted by Gasteiger charge is 2.18. The van der Waals surface area contributed by atoms with E-state index in [0.717, 1.165) is 48.7 Å². The lowest BCUT2D eigenvalue weighted by Crippen LogP contribution is -2.21. The van der Waals surface area contributed by atoms with Crippen LogP contribution in [0.3, 0.4) is 0 Å². The molecule has 152 valence electrons. The van der Waals surface area contributed by atoms with Crippen molar-refractivity contribution in [1.29, 1.82) is 0 Å². The van der Waals surface area contributed by atoms with Crippen molar-refractivity contribution in [1.82, 2.24) is 19.7 Å². The third-order valence-electron chi connectivity index (χ3n) is 5.14. The zero-order valence-corrected chi connectivity index (χ0v) is 17.8. The van der Waals surface area contributed by atoms with Crippen LogP contribution in [0.5, 0.6) is 5.75 Å². The number of likely N-dealkylation sites (tertiary alicyclic amines) is 1. The van der Waals surface area contributed by atoms with Crippen LogP contribution in [-0.2, 0) is 13.1 Å². The molecule has 2 heterocycles. The molecule has 4 rings (SSSR count). The van der Waals surface area contributed by atoms with Gasteiger partial charge in [-0.1, -0.05) is 59.8 Å². The van der Waals surface area contributed by atoms with Gasteiger partial charge in [-0.3, -0.25) is 4.90 Å². The molecule has 0 amide bonds. The van der Waals surface area contributed by atoms with Crippen LogP contribution in [0.2, 0.25) is 0 Å². The number of ether oxygens (including phenoxy) is 1. The standard InChI is InChI=1S/C23H28N4OS/c1-19-9-11-21(12-10-19)28-15-16-29-23-25-24-22(18-26-13-5-6-14-26)27(23)17-20-7-3-2-4-8-20/h2-4,7-12H,5-6,13-18H2,1H3. The average Bonchev–Trinajstić information content (AvgIpc) is 3.39. The van der Waals surface area contributed by atoms with Crippen LogP contribution in [0, 0.1) is 6.92 Å². The van der Waals surface area contributed by atoms with E-state index in [1.165, 1.54) is 24.0 Å². The Morgan fingerprint density at radius 1 is 0.931 bits per heavy atom. The number of rotatable bonds is 9. The first-order chi connectivity index (χ1) is 14.3. The fraction of sp³-hybridized carbons (Fsp3) is 0.391. The van der Waals surface area contributed by atoms with Crippen LogP contribution >= 0.6 is 11.8 Å². The van der Waals surface area contributed by atoms with Crippen LogP contribution in [0.1, 0.15) is 29.8 Å². The highest BCUT2D eigenvalue weighted by atomic mass is 32.2. The predicted octanol–water partition coefficient (Wildman–Crippen LogP) is 4.40. The van der Waals surface area contributed by atoms with Gasteiger partial charge < -0.3 is 9.30 Å². The summed E-state index contributed by atoms with van der Waals surface area (Å²) in [6, 6.07) is 18.7. The van der Waals surface area contributed by atoms with Crippen molar-refractivity contribution in [2.24, 2.45) is 0 Å². The van der Waals surface area contributed by atoms with E-state index in [2.05, 4.69) is 69.1 Å². The second-order valence-corrected chi connectivity index (χ2v) is 8.53. The summed E-state index contributed by atoms with van der Waals surface area (Å²) >= 11 is 1.71. The van der Waals surface area contributed by atoms with Crippen LogP contribution in [-0.4, -0.2) is 45.1 Å². The minimum Gasteiger partial charge on any atom is -0.493 e. The summed E-state index contributed by atoms with van der Waals surface area (Å²) in [5, 5.41) is 10.0. The van der Waals surface area contributed by atoms with Gasteiger partial charge in [0.25, 0.3) is 0 Å². The molecule has 1 saturated heterocycles. The van der Waals surface area contributed by atoms with Crippen molar-refractivity contribution in [3.8, 4) is 5.75 Å². The topological polar surface area (TPSA) is 43.2 Å². The van der Waals surface area contributed by atoms with Gasteiger partial charge in [-0.05, 0) is 50.6 Å². The molecule has 5 nitrogen and oxygen atoms in total. The summed E-state index contributed by atoms with van der Waals surface area (Å²) in [4.78, 5) is 2.47. The molecule has 0 atom stereocenters. The second kappa shape index (κ2) is 9.94. The van der Waals surface area contributed by atoms with E-state index >= 15 is 0 Å². The monoisotopic (exact) mass is 408 g/mol. The maximum Gasteiger partial charge on any atom is 0.191 e. The average molecular weight is 409 g/mol. The molecule has 0 spiro atoms. The smallest absolute Gasteiger partial charge is 0.191 e. The molecule has 1 aromatic heterocycles. The SMILES string of the molecule is Cc1ccc(OCCSc2nnc(CN3CCCC3)n2Cc2ccccc2)cc1. The molecule has 0 N–H and O–H groups in total. The van der Waals surface area contributed by atoms with Gasteiger partial charge in [-0.25, -0.2) is 0 Å². The minimum atomic E-state index is 0.646. The van der Waals surface area contributed by atoms with E-state index in [0.29, 0.717) is 6.61 Å².